The Morgan fingerprint density at radius 3 is 2.31 bits per heavy atom. The first-order valence-corrected chi connectivity index (χ1v) is 5.31. The molecule has 0 aromatic rings. The van der Waals surface area contributed by atoms with Crippen molar-refractivity contribution >= 4 is 0 Å². The lowest BCUT2D eigenvalue weighted by Crippen LogP contribution is -2.19. The number of nitrogens with two attached hydrogens (primary N) is 1. The van der Waals surface area contributed by atoms with E-state index in [-0.39, 0.29) is 2.85 Å². The van der Waals surface area contributed by atoms with Crippen LogP contribution in [0.25, 0.3) is 0 Å². The third-order valence-corrected chi connectivity index (χ3v) is 1.51. The van der Waals surface area contributed by atoms with Crippen molar-refractivity contribution in [1.82, 2.24) is 5.32 Å². The molecule has 13 heavy (non-hydrogen) atoms. The van der Waals surface area contributed by atoms with Crippen LogP contribution in [-0.2, 0) is 4.74 Å². The van der Waals surface area contributed by atoms with Crippen LogP contribution in [0.4, 0.5) is 0 Å². The van der Waals surface area contributed by atoms with E-state index in [1.165, 1.54) is 6.42 Å². The lowest BCUT2D eigenvalue weighted by molar-refractivity contribution is 0.192. The summed E-state index contributed by atoms with van der Waals surface area (Å²) < 4.78 is 4.92. The normalized spacial score (nSPS) is 9.23. The van der Waals surface area contributed by atoms with Gasteiger partial charge in [-0.15, -0.1) is 0 Å². The molecule has 0 atom stereocenters. The molecule has 0 radical (unpaired) electrons. The SMILES string of the molecule is CC.COCCCCNCCCN.[HH].[HH]. The van der Waals surface area contributed by atoms with E-state index < -0.39 is 0 Å². The maximum atomic E-state index is 5.33. The molecule has 0 spiro atoms. The molecule has 0 unspecified atom stereocenters. The average molecular weight is 194 g/mol. The van der Waals surface area contributed by atoms with Gasteiger partial charge in [-0.3, -0.25) is 0 Å². The fourth-order valence-corrected chi connectivity index (χ4v) is 0.848. The number of hydrogen-bond donors (Lipinski definition) is 2. The quantitative estimate of drug-likeness (QED) is 0.580. The van der Waals surface area contributed by atoms with Gasteiger partial charge >= 0.3 is 0 Å². The fourth-order valence-electron chi connectivity index (χ4n) is 0.848. The Morgan fingerprint density at radius 1 is 1.15 bits per heavy atom. The van der Waals surface area contributed by atoms with Gasteiger partial charge in [0.25, 0.3) is 0 Å². The summed E-state index contributed by atoms with van der Waals surface area (Å²) in [5.41, 5.74) is 5.33. The minimum atomic E-state index is 0. The van der Waals surface area contributed by atoms with Gasteiger partial charge in [0.2, 0.25) is 0 Å². The summed E-state index contributed by atoms with van der Waals surface area (Å²) in [5, 5.41) is 3.31. The van der Waals surface area contributed by atoms with E-state index in [4.69, 9.17) is 10.5 Å². The third kappa shape index (κ3) is 18.7. The maximum absolute atomic E-state index is 5.33. The van der Waals surface area contributed by atoms with Gasteiger partial charge < -0.3 is 15.8 Å². The second-order valence-electron chi connectivity index (χ2n) is 2.59. The minimum absolute atomic E-state index is 0. The number of nitrogens with one attached hydrogen (secondary N) is 1. The first kappa shape index (κ1) is 15.4. The van der Waals surface area contributed by atoms with Crippen LogP contribution in [0.2, 0.25) is 0 Å². The molecule has 0 aromatic heterocycles. The Kier molecular flexibility index (Phi) is 21.1. The van der Waals surface area contributed by atoms with Crippen molar-refractivity contribution in [2.45, 2.75) is 33.1 Å². The molecule has 0 aliphatic rings. The van der Waals surface area contributed by atoms with Gasteiger partial charge in [0.15, 0.2) is 0 Å². The van der Waals surface area contributed by atoms with Crippen LogP contribution >= 0.6 is 0 Å². The molecule has 3 N–H and O–H groups in total. The molecular formula is C10H30N2O. The van der Waals surface area contributed by atoms with Crippen molar-refractivity contribution in [3.63, 3.8) is 0 Å². The summed E-state index contributed by atoms with van der Waals surface area (Å²) in [5.74, 6) is 0. The molecule has 0 rings (SSSR count). The summed E-state index contributed by atoms with van der Waals surface area (Å²) in [6, 6.07) is 0. The van der Waals surface area contributed by atoms with Crippen LogP contribution in [0.3, 0.4) is 0 Å². The predicted molar refractivity (Wildman–Crippen MR) is 63.2 cm³/mol. The number of unbranched alkanes of at least 4 members (excludes halogenated alkanes) is 1. The number of hydrogen-bond acceptors (Lipinski definition) is 3. The Morgan fingerprint density at radius 2 is 1.77 bits per heavy atom. The molecule has 0 aromatic carbocycles. The number of ether oxygens (including phenoxy) is 1. The van der Waals surface area contributed by atoms with Crippen molar-refractivity contribution in [2.75, 3.05) is 33.4 Å². The molecule has 0 amide bonds. The molecule has 0 bridgehead atoms. The van der Waals surface area contributed by atoms with Crippen molar-refractivity contribution in [2.24, 2.45) is 5.73 Å². The Balaban J connectivity index is -0.000000142. The van der Waals surface area contributed by atoms with Crippen LogP contribution in [0, 0.1) is 0 Å². The van der Waals surface area contributed by atoms with Crippen LogP contribution in [0.1, 0.15) is 36.0 Å². The molecule has 0 saturated carbocycles. The summed E-state index contributed by atoms with van der Waals surface area (Å²) in [6.45, 7) is 7.79. The van der Waals surface area contributed by atoms with Gasteiger partial charge in [0, 0.05) is 16.6 Å². The lowest BCUT2D eigenvalue weighted by atomic mass is 10.3. The highest BCUT2D eigenvalue weighted by molar-refractivity contribution is 4.48. The van der Waals surface area contributed by atoms with E-state index in [2.05, 4.69) is 5.32 Å². The average Bonchev–Trinajstić information content (AvgIpc) is 2.20. The van der Waals surface area contributed by atoms with Gasteiger partial charge in [-0.05, 0) is 38.9 Å². The van der Waals surface area contributed by atoms with Gasteiger partial charge in [0.1, 0.15) is 0 Å². The molecular weight excluding hydrogens is 164 g/mol. The Hall–Kier alpha value is -0.120. The zero-order valence-corrected chi connectivity index (χ0v) is 9.44. The summed E-state index contributed by atoms with van der Waals surface area (Å²) >= 11 is 0. The van der Waals surface area contributed by atoms with Crippen molar-refractivity contribution < 1.29 is 7.59 Å². The maximum Gasteiger partial charge on any atom is 0.0462 e. The van der Waals surface area contributed by atoms with E-state index >= 15 is 0 Å². The smallest absolute Gasteiger partial charge is 0.0462 e. The molecule has 3 nitrogen and oxygen atoms in total. The molecule has 86 valence electrons. The van der Waals surface area contributed by atoms with Gasteiger partial charge in [0.05, 0.1) is 0 Å². The van der Waals surface area contributed by atoms with E-state index in [0.29, 0.717) is 0 Å². The third-order valence-electron chi connectivity index (χ3n) is 1.51. The Labute approximate surface area is 86.0 Å². The van der Waals surface area contributed by atoms with Crippen LogP contribution in [0.5, 0.6) is 0 Å². The highest BCUT2D eigenvalue weighted by Crippen LogP contribution is 1.86. The largest absolute Gasteiger partial charge is 0.385 e. The van der Waals surface area contributed by atoms with Crippen molar-refractivity contribution in [3.05, 3.63) is 0 Å². The summed E-state index contributed by atoms with van der Waals surface area (Å²) in [7, 11) is 1.74. The van der Waals surface area contributed by atoms with Gasteiger partial charge in [-0.1, -0.05) is 13.8 Å². The molecule has 0 heterocycles. The zero-order chi connectivity index (χ0) is 10.4. The monoisotopic (exact) mass is 194 g/mol. The highest BCUT2D eigenvalue weighted by Gasteiger charge is 1.87. The molecule has 0 aliphatic heterocycles. The van der Waals surface area contributed by atoms with Crippen molar-refractivity contribution in [3.8, 4) is 0 Å². The van der Waals surface area contributed by atoms with Crippen LogP contribution < -0.4 is 11.1 Å². The van der Waals surface area contributed by atoms with Gasteiger partial charge in [-0.25, -0.2) is 0 Å². The topological polar surface area (TPSA) is 47.3 Å². The molecule has 3 heteroatoms. The molecule has 0 fully saturated rings. The van der Waals surface area contributed by atoms with E-state index in [9.17, 15) is 0 Å². The standard InChI is InChI=1S/C8H20N2O.C2H6.2H2/c1-11-8-3-2-6-10-7-4-5-9;1-2;;/h10H,2-9H2,1H3;1-2H3;2*1H. The van der Waals surface area contributed by atoms with E-state index in [1.807, 2.05) is 13.8 Å². The first-order valence-electron chi connectivity index (χ1n) is 5.31. The second kappa shape index (κ2) is 17.8. The summed E-state index contributed by atoms with van der Waals surface area (Å²) in [4.78, 5) is 0. The second-order valence-corrected chi connectivity index (χ2v) is 2.59. The fraction of sp³-hybridized carbons (Fsp3) is 1.00. The number of methoxy groups -OCH3 is 1. The molecule has 0 aliphatic carbocycles. The molecule has 0 saturated heterocycles. The summed E-state index contributed by atoms with van der Waals surface area (Å²) in [6.07, 6.45) is 3.41. The van der Waals surface area contributed by atoms with Crippen LogP contribution in [0.15, 0.2) is 0 Å². The van der Waals surface area contributed by atoms with Crippen LogP contribution in [-0.4, -0.2) is 33.4 Å². The number of rotatable bonds is 8. The first-order chi connectivity index (χ1) is 6.41. The minimum Gasteiger partial charge on any atom is -0.385 e. The highest BCUT2D eigenvalue weighted by atomic mass is 16.5. The lowest BCUT2D eigenvalue weighted by Gasteiger charge is -2.02. The predicted octanol–water partition coefficient (Wildman–Crippen LogP) is 1.87. The van der Waals surface area contributed by atoms with E-state index in [0.717, 1.165) is 39.1 Å². The van der Waals surface area contributed by atoms with Gasteiger partial charge in [-0.2, -0.15) is 0 Å². The zero-order valence-electron chi connectivity index (χ0n) is 9.44. The Bertz CT molecular complexity index is 70.4. The van der Waals surface area contributed by atoms with E-state index in [1.54, 1.807) is 7.11 Å². The van der Waals surface area contributed by atoms with Crippen molar-refractivity contribution in [1.29, 1.82) is 0 Å².